The van der Waals surface area contributed by atoms with E-state index in [9.17, 15) is 18.6 Å². The molecule has 3 aromatic carbocycles. The van der Waals surface area contributed by atoms with Crippen molar-refractivity contribution in [3.8, 4) is 22.8 Å². The normalized spacial score (nSPS) is 18.0. The van der Waals surface area contributed by atoms with Gasteiger partial charge in [-0.15, -0.1) is 0 Å². The highest BCUT2D eigenvalue weighted by atomic mass is 35.5. The molecule has 4 aromatic rings. The summed E-state index contributed by atoms with van der Waals surface area (Å²) in [7, 11) is -4.14. The third-order valence-corrected chi connectivity index (χ3v) is 10.1. The van der Waals surface area contributed by atoms with Gasteiger partial charge < -0.3 is 15.5 Å². The number of aryl methyl sites for hydroxylation is 1. The van der Waals surface area contributed by atoms with Crippen LogP contribution in [0.4, 0.5) is 0 Å². The topological polar surface area (TPSA) is 116 Å². The Balaban J connectivity index is 1.40. The Bertz CT molecular complexity index is 1710. The number of piperidine rings is 1. The second-order valence-corrected chi connectivity index (χ2v) is 13.0. The molecule has 8 nitrogen and oxygen atoms in total. The summed E-state index contributed by atoms with van der Waals surface area (Å²) in [6.45, 7) is 4.13. The number of fused-ring (bicyclic) bond motifs is 1. The lowest BCUT2D eigenvalue weighted by Crippen LogP contribution is -2.30. The number of hydrogen-bond acceptors (Lipinski definition) is 7. The van der Waals surface area contributed by atoms with Crippen molar-refractivity contribution < 1.29 is 18.6 Å². The van der Waals surface area contributed by atoms with Crippen molar-refractivity contribution in [1.82, 2.24) is 19.6 Å². The standard InChI is InChI=1S/C31H31ClN4O4S/c1-19-17-34-31(32)35-29(19)22-3-5-23(6-4-22)30-26-8-2-21(14-20-10-12-33-13-11-20)15-24(26)18-36(30)41(39,40)28-9-7-25(37)16-27(28)38/h2-9,15-17,20,30,33,37-38H,10-14,18H2,1H3/t30-/m0/s1. The van der Waals surface area contributed by atoms with Gasteiger partial charge in [0.2, 0.25) is 15.3 Å². The van der Waals surface area contributed by atoms with E-state index >= 15 is 0 Å². The highest BCUT2D eigenvalue weighted by molar-refractivity contribution is 7.89. The van der Waals surface area contributed by atoms with Crippen LogP contribution in [-0.4, -0.2) is 46.0 Å². The van der Waals surface area contributed by atoms with Crippen LogP contribution in [0.15, 0.2) is 71.8 Å². The molecule has 0 radical (unpaired) electrons. The van der Waals surface area contributed by atoms with Crippen LogP contribution in [0.25, 0.3) is 11.3 Å². The van der Waals surface area contributed by atoms with Crippen molar-refractivity contribution in [1.29, 1.82) is 0 Å². The van der Waals surface area contributed by atoms with Gasteiger partial charge in [0, 0.05) is 24.4 Å². The molecule has 1 saturated heterocycles. The zero-order valence-corrected chi connectivity index (χ0v) is 24.2. The molecule has 0 aliphatic carbocycles. The van der Waals surface area contributed by atoms with Gasteiger partial charge >= 0.3 is 0 Å². The van der Waals surface area contributed by atoms with E-state index in [4.69, 9.17) is 11.6 Å². The predicted molar refractivity (Wildman–Crippen MR) is 157 cm³/mol. The summed E-state index contributed by atoms with van der Waals surface area (Å²) >= 11 is 6.05. The van der Waals surface area contributed by atoms with E-state index < -0.39 is 21.8 Å². The monoisotopic (exact) mass is 590 g/mol. The Labute approximate surface area is 244 Å². The summed E-state index contributed by atoms with van der Waals surface area (Å²) in [4.78, 5) is 8.16. The quantitative estimate of drug-likeness (QED) is 0.259. The highest BCUT2D eigenvalue weighted by Crippen LogP contribution is 2.44. The highest BCUT2D eigenvalue weighted by Gasteiger charge is 2.41. The molecule has 3 N–H and O–H groups in total. The van der Waals surface area contributed by atoms with Crippen LogP contribution in [0, 0.1) is 12.8 Å². The van der Waals surface area contributed by atoms with E-state index in [0.717, 1.165) is 66.2 Å². The first-order valence-corrected chi connectivity index (χ1v) is 15.5. The van der Waals surface area contributed by atoms with Crippen molar-refractivity contribution in [2.75, 3.05) is 13.1 Å². The number of hydrogen-bond donors (Lipinski definition) is 3. The number of aromatic nitrogens is 2. The molecule has 41 heavy (non-hydrogen) atoms. The minimum absolute atomic E-state index is 0.158. The fraction of sp³-hybridized carbons (Fsp3) is 0.290. The Morgan fingerprint density at radius 2 is 1.78 bits per heavy atom. The van der Waals surface area contributed by atoms with Crippen molar-refractivity contribution >= 4 is 21.6 Å². The third kappa shape index (κ3) is 5.42. The van der Waals surface area contributed by atoms with E-state index in [1.54, 1.807) is 6.20 Å². The molecule has 2 aliphatic heterocycles. The molecule has 0 saturated carbocycles. The van der Waals surface area contributed by atoms with E-state index in [1.807, 2.05) is 37.3 Å². The minimum Gasteiger partial charge on any atom is -0.508 e. The van der Waals surface area contributed by atoms with E-state index in [0.29, 0.717) is 11.6 Å². The smallest absolute Gasteiger partial charge is 0.247 e. The van der Waals surface area contributed by atoms with Crippen LogP contribution in [0.3, 0.4) is 0 Å². The first-order valence-electron chi connectivity index (χ1n) is 13.7. The molecular formula is C31H31ClN4O4S. The maximum Gasteiger partial charge on any atom is 0.247 e. The summed E-state index contributed by atoms with van der Waals surface area (Å²) in [6, 6.07) is 16.9. The number of nitrogens with zero attached hydrogens (tertiary/aromatic N) is 3. The molecule has 0 unspecified atom stereocenters. The van der Waals surface area contributed by atoms with Gasteiger partial charge in [0.1, 0.15) is 16.4 Å². The number of rotatable bonds is 6. The maximum absolute atomic E-state index is 14.0. The molecule has 0 bridgehead atoms. The number of phenolic OH excluding ortho intramolecular Hbond substituents is 2. The molecule has 10 heteroatoms. The number of sulfonamides is 1. The van der Waals surface area contributed by atoms with Crippen LogP contribution in [0.5, 0.6) is 11.5 Å². The van der Waals surface area contributed by atoms with Crippen LogP contribution in [0.1, 0.15) is 46.7 Å². The Morgan fingerprint density at radius 1 is 1.02 bits per heavy atom. The number of nitrogens with one attached hydrogen (secondary N) is 1. The molecule has 3 heterocycles. The van der Waals surface area contributed by atoms with Gasteiger partial charge in [-0.2, -0.15) is 4.31 Å². The molecule has 0 spiro atoms. The Kier molecular flexibility index (Phi) is 7.46. The molecular weight excluding hydrogens is 560 g/mol. The number of phenols is 2. The minimum atomic E-state index is -4.14. The molecule has 1 fully saturated rings. The maximum atomic E-state index is 14.0. The van der Waals surface area contributed by atoms with Crippen molar-refractivity contribution in [3.05, 3.63) is 100.0 Å². The zero-order valence-electron chi connectivity index (χ0n) is 22.6. The van der Waals surface area contributed by atoms with Gasteiger partial charge in [0.05, 0.1) is 11.7 Å². The van der Waals surface area contributed by atoms with Crippen molar-refractivity contribution in [3.63, 3.8) is 0 Å². The van der Waals surface area contributed by atoms with Gasteiger partial charge in [0.15, 0.2) is 0 Å². The summed E-state index contributed by atoms with van der Waals surface area (Å²) in [5, 5.41) is 23.8. The number of halogens is 1. The second kappa shape index (κ2) is 11.1. The van der Waals surface area contributed by atoms with E-state index in [2.05, 4.69) is 27.4 Å². The Morgan fingerprint density at radius 3 is 2.51 bits per heavy atom. The van der Waals surface area contributed by atoms with E-state index in [1.165, 1.54) is 22.0 Å². The lowest BCUT2D eigenvalue weighted by Gasteiger charge is -2.26. The summed E-state index contributed by atoms with van der Waals surface area (Å²) in [5.41, 5.74) is 6.29. The molecule has 1 atom stereocenters. The van der Waals surface area contributed by atoms with Crippen molar-refractivity contribution in [2.45, 2.75) is 43.7 Å². The van der Waals surface area contributed by atoms with Gasteiger partial charge in [-0.1, -0.05) is 42.5 Å². The first-order chi connectivity index (χ1) is 19.7. The first kappa shape index (κ1) is 27.7. The lowest BCUT2D eigenvalue weighted by molar-refractivity contribution is 0.372. The summed E-state index contributed by atoms with van der Waals surface area (Å²) in [6.07, 6.45) is 4.89. The zero-order chi connectivity index (χ0) is 28.7. The lowest BCUT2D eigenvalue weighted by atomic mass is 9.89. The summed E-state index contributed by atoms with van der Waals surface area (Å²) < 4.78 is 29.5. The summed E-state index contributed by atoms with van der Waals surface area (Å²) in [5.74, 6) is -0.0923. The molecule has 212 valence electrons. The van der Waals surface area contributed by atoms with Gasteiger partial charge in [0.25, 0.3) is 0 Å². The van der Waals surface area contributed by atoms with Gasteiger partial charge in [-0.05, 0) is 96.7 Å². The second-order valence-electron chi connectivity index (χ2n) is 10.8. The van der Waals surface area contributed by atoms with Crippen LogP contribution >= 0.6 is 11.6 Å². The predicted octanol–water partition coefficient (Wildman–Crippen LogP) is 5.35. The third-order valence-electron chi connectivity index (χ3n) is 8.07. The van der Waals surface area contributed by atoms with Crippen molar-refractivity contribution in [2.24, 2.45) is 5.92 Å². The van der Waals surface area contributed by atoms with Crippen LogP contribution in [0.2, 0.25) is 5.28 Å². The average Bonchev–Trinajstić information content (AvgIpc) is 3.35. The number of aromatic hydroxyl groups is 2. The van der Waals surface area contributed by atoms with Crippen LogP contribution in [-0.2, 0) is 23.0 Å². The fourth-order valence-corrected chi connectivity index (χ4v) is 7.75. The number of benzene rings is 3. The van der Waals surface area contributed by atoms with Gasteiger partial charge in [-0.25, -0.2) is 18.4 Å². The van der Waals surface area contributed by atoms with Gasteiger partial charge in [-0.3, -0.25) is 0 Å². The fourth-order valence-electron chi connectivity index (χ4n) is 5.98. The molecule has 0 amide bonds. The largest absolute Gasteiger partial charge is 0.508 e. The molecule has 6 rings (SSSR count). The molecule has 1 aromatic heterocycles. The van der Waals surface area contributed by atoms with E-state index in [-0.39, 0.29) is 22.5 Å². The molecule has 2 aliphatic rings. The Hall–Kier alpha value is -3.50. The SMILES string of the molecule is Cc1cnc(Cl)nc1-c1ccc([C@H]2c3ccc(CC4CCNCC4)cc3CN2S(=O)(=O)c2ccc(O)cc2O)cc1. The average molecular weight is 591 g/mol. The van der Waals surface area contributed by atoms with Crippen LogP contribution < -0.4 is 5.32 Å².